The number of nitrogens with zero attached hydrogens (tertiary/aromatic N) is 2. The molecule has 0 saturated heterocycles. The largest absolute Gasteiger partial charge is 0.333 e. The van der Waals surface area contributed by atoms with Gasteiger partial charge in [0.15, 0.2) is 0 Å². The Morgan fingerprint density at radius 2 is 2.23 bits per heavy atom. The van der Waals surface area contributed by atoms with Gasteiger partial charge in [-0.3, -0.25) is 9.89 Å². The van der Waals surface area contributed by atoms with Crippen molar-refractivity contribution in [3.8, 4) is 0 Å². The molecule has 3 rings (SSSR count). The molecule has 1 N–H and O–H groups in total. The predicted octanol–water partition coefficient (Wildman–Crippen LogP) is 3.85. The molecule has 0 aliphatic heterocycles. The maximum Gasteiger partial charge on any atom is 0.274 e. The molecule has 1 aromatic carbocycles. The second-order valence-electron chi connectivity index (χ2n) is 5.54. The van der Waals surface area contributed by atoms with Crippen LogP contribution in [-0.4, -0.2) is 27.5 Å². The van der Waals surface area contributed by atoms with Crippen LogP contribution in [0.2, 0.25) is 0 Å². The molecule has 1 aromatic heterocycles. The van der Waals surface area contributed by atoms with E-state index in [2.05, 4.69) is 26.1 Å². The summed E-state index contributed by atoms with van der Waals surface area (Å²) in [5.74, 6) is 0.0341. The number of nitrogens with one attached hydrogen (secondary N) is 1. The SMILES string of the molecule is CCN(Cc1cc(Br)ccc1F)C(=O)c1cc(C2CC2)[nH]n1. The number of aromatic nitrogens is 2. The molecule has 0 radical (unpaired) electrons. The number of hydrogen-bond acceptors (Lipinski definition) is 2. The van der Waals surface area contributed by atoms with Crippen molar-refractivity contribution >= 4 is 21.8 Å². The highest BCUT2D eigenvalue weighted by molar-refractivity contribution is 9.10. The molecule has 4 nitrogen and oxygen atoms in total. The summed E-state index contributed by atoms with van der Waals surface area (Å²) in [6.45, 7) is 2.60. The summed E-state index contributed by atoms with van der Waals surface area (Å²) >= 11 is 3.33. The van der Waals surface area contributed by atoms with Crippen LogP contribution in [0, 0.1) is 5.82 Å². The third kappa shape index (κ3) is 3.21. The van der Waals surface area contributed by atoms with Crippen LogP contribution in [-0.2, 0) is 6.54 Å². The van der Waals surface area contributed by atoms with Gasteiger partial charge in [0.25, 0.3) is 5.91 Å². The molecule has 1 saturated carbocycles. The zero-order chi connectivity index (χ0) is 15.7. The Bertz CT molecular complexity index is 696. The molecule has 1 fully saturated rings. The molecule has 6 heteroatoms. The van der Waals surface area contributed by atoms with E-state index < -0.39 is 0 Å². The van der Waals surface area contributed by atoms with Gasteiger partial charge in [-0.05, 0) is 44.0 Å². The summed E-state index contributed by atoms with van der Waals surface area (Å²) in [5.41, 5.74) is 1.91. The van der Waals surface area contributed by atoms with E-state index in [0.29, 0.717) is 23.7 Å². The van der Waals surface area contributed by atoms with E-state index in [1.54, 1.807) is 17.0 Å². The second kappa shape index (κ2) is 6.20. The first-order chi connectivity index (χ1) is 10.6. The van der Waals surface area contributed by atoms with E-state index in [4.69, 9.17) is 0 Å². The van der Waals surface area contributed by atoms with Gasteiger partial charge in [0.1, 0.15) is 11.5 Å². The highest BCUT2D eigenvalue weighted by Gasteiger charge is 2.27. The Morgan fingerprint density at radius 1 is 1.45 bits per heavy atom. The molecule has 1 aliphatic carbocycles. The number of halogens is 2. The molecule has 0 unspecified atom stereocenters. The van der Waals surface area contributed by atoms with Gasteiger partial charge in [0.05, 0.1) is 0 Å². The zero-order valence-corrected chi connectivity index (χ0v) is 13.9. The lowest BCUT2D eigenvalue weighted by Crippen LogP contribution is -2.31. The van der Waals surface area contributed by atoms with E-state index in [1.807, 2.05) is 13.0 Å². The molecular formula is C16H17BrFN3O. The molecule has 0 spiro atoms. The highest BCUT2D eigenvalue weighted by atomic mass is 79.9. The molecule has 1 aliphatic rings. The number of rotatable bonds is 5. The van der Waals surface area contributed by atoms with E-state index in [1.165, 1.54) is 6.07 Å². The second-order valence-corrected chi connectivity index (χ2v) is 6.45. The summed E-state index contributed by atoms with van der Waals surface area (Å²) in [6.07, 6.45) is 2.30. The van der Waals surface area contributed by atoms with Crippen molar-refractivity contribution in [3.63, 3.8) is 0 Å². The van der Waals surface area contributed by atoms with Gasteiger partial charge < -0.3 is 4.90 Å². The minimum atomic E-state index is -0.310. The number of carbonyl (C=O) groups excluding carboxylic acids is 1. The van der Waals surface area contributed by atoms with Crippen molar-refractivity contribution in [3.05, 3.63) is 51.5 Å². The van der Waals surface area contributed by atoms with Gasteiger partial charge in [0, 0.05) is 34.7 Å². The smallest absolute Gasteiger partial charge is 0.274 e. The lowest BCUT2D eigenvalue weighted by molar-refractivity contribution is 0.0745. The lowest BCUT2D eigenvalue weighted by Gasteiger charge is -2.20. The molecule has 2 aromatic rings. The predicted molar refractivity (Wildman–Crippen MR) is 85.1 cm³/mol. The average molecular weight is 366 g/mol. The molecular weight excluding hydrogens is 349 g/mol. The van der Waals surface area contributed by atoms with E-state index in [-0.39, 0.29) is 18.3 Å². The van der Waals surface area contributed by atoms with Crippen molar-refractivity contribution in [2.45, 2.75) is 32.2 Å². The van der Waals surface area contributed by atoms with Crippen molar-refractivity contribution in [2.75, 3.05) is 6.54 Å². The van der Waals surface area contributed by atoms with Crippen LogP contribution in [0.1, 0.15) is 47.4 Å². The fourth-order valence-electron chi connectivity index (χ4n) is 2.41. The summed E-state index contributed by atoms with van der Waals surface area (Å²) in [5, 5.41) is 7.04. The van der Waals surface area contributed by atoms with Gasteiger partial charge in [0.2, 0.25) is 0 Å². The van der Waals surface area contributed by atoms with Crippen LogP contribution in [0.25, 0.3) is 0 Å². The Morgan fingerprint density at radius 3 is 2.91 bits per heavy atom. The topological polar surface area (TPSA) is 49.0 Å². The lowest BCUT2D eigenvalue weighted by atomic mass is 10.2. The summed E-state index contributed by atoms with van der Waals surface area (Å²) < 4.78 is 14.7. The van der Waals surface area contributed by atoms with Crippen LogP contribution < -0.4 is 0 Å². The molecule has 116 valence electrons. The fraction of sp³-hybridized carbons (Fsp3) is 0.375. The van der Waals surface area contributed by atoms with Crippen molar-refractivity contribution in [1.29, 1.82) is 0 Å². The average Bonchev–Trinajstić information content (AvgIpc) is 3.25. The first-order valence-corrected chi connectivity index (χ1v) is 8.16. The number of aromatic amines is 1. The standard InChI is InChI=1S/C16H17BrFN3O/c1-2-21(9-11-7-12(17)5-6-13(11)18)16(22)15-8-14(19-20-15)10-3-4-10/h5-8,10H,2-4,9H2,1H3,(H,19,20). The van der Waals surface area contributed by atoms with Gasteiger partial charge >= 0.3 is 0 Å². The van der Waals surface area contributed by atoms with Crippen LogP contribution in [0.3, 0.4) is 0 Å². The normalized spacial score (nSPS) is 14.1. The zero-order valence-electron chi connectivity index (χ0n) is 12.3. The molecule has 0 atom stereocenters. The molecule has 1 amide bonds. The Hall–Kier alpha value is -1.69. The number of hydrogen-bond donors (Lipinski definition) is 1. The van der Waals surface area contributed by atoms with E-state index in [0.717, 1.165) is 23.0 Å². The number of carbonyl (C=O) groups is 1. The highest BCUT2D eigenvalue weighted by Crippen LogP contribution is 2.39. The minimum absolute atomic E-state index is 0.176. The van der Waals surface area contributed by atoms with Crippen molar-refractivity contribution in [1.82, 2.24) is 15.1 Å². The van der Waals surface area contributed by atoms with Gasteiger partial charge in [-0.25, -0.2) is 4.39 Å². The molecule has 1 heterocycles. The number of amides is 1. The third-order valence-corrected chi connectivity index (χ3v) is 4.37. The van der Waals surface area contributed by atoms with Gasteiger partial charge in [-0.15, -0.1) is 0 Å². The van der Waals surface area contributed by atoms with Gasteiger partial charge in [-0.2, -0.15) is 5.10 Å². The molecule has 0 bridgehead atoms. The minimum Gasteiger partial charge on any atom is -0.333 e. The first-order valence-electron chi connectivity index (χ1n) is 7.37. The molecule has 22 heavy (non-hydrogen) atoms. The first kappa shape index (κ1) is 15.2. The third-order valence-electron chi connectivity index (χ3n) is 3.87. The van der Waals surface area contributed by atoms with Crippen LogP contribution in [0.15, 0.2) is 28.7 Å². The number of H-pyrrole nitrogens is 1. The monoisotopic (exact) mass is 365 g/mol. The maximum absolute atomic E-state index is 13.9. The van der Waals surface area contributed by atoms with Crippen molar-refractivity contribution in [2.24, 2.45) is 0 Å². The van der Waals surface area contributed by atoms with Crippen LogP contribution in [0.5, 0.6) is 0 Å². The summed E-state index contributed by atoms with van der Waals surface area (Å²) in [4.78, 5) is 14.1. The van der Waals surface area contributed by atoms with Crippen LogP contribution in [0.4, 0.5) is 4.39 Å². The fourth-order valence-corrected chi connectivity index (χ4v) is 2.82. The Labute approximate surface area is 136 Å². The van der Waals surface area contributed by atoms with Gasteiger partial charge in [-0.1, -0.05) is 15.9 Å². The maximum atomic E-state index is 13.9. The van der Waals surface area contributed by atoms with E-state index in [9.17, 15) is 9.18 Å². The summed E-state index contributed by atoms with van der Waals surface area (Å²) in [7, 11) is 0. The Balaban J connectivity index is 1.77. The van der Waals surface area contributed by atoms with Crippen molar-refractivity contribution < 1.29 is 9.18 Å². The summed E-state index contributed by atoms with van der Waals surface area (Å²) in [6, 6.07) is 6.56. The quantitative estimate of drug-likeness (QED) is 0.874. The van der Waals surface area contributed by atoms with E-state index >= 15 is 0 Å². The Kier molecular flexibility index (Phi) is 4.29. The van der Waals surface area contributed by atoms with Crippen LogP contribution >= 0.6 is 15.9 Å². The number of benzene rings is 1.